The lowest BCUT2D eigenvalue weighted by molar-refractivity contribution is -0.118. The highest BCUT2D eigenvalue weighted by Crippen LogP contribution is 2.26. The zero-order valence-electron chi connectivity index (χ0n) is 10.0. The summed E-state index contributed by atoms with van der Waals surface area (Å²) in [6.07, 6.45) is 2.18. The van der Waals surface area contributed by atoms with Gasteiger partial charge in [0.1, 0.15) is 5.78 Å². The number of rotatable bonds is 6. The predicted molar refractivity (Wildman–Crippen MR) is 73.7 cm³/mol. The molecule has 2 rings (SSSR count). The van der Waals surface area contributed by atoms with Crippen molar-refractivity contribution in [2.45, 2.75) is 19.3 Å². The second-order valence-electron chi connectivity index (χ2n) is 4.18. The van der Waals surface area contributed by atoms with Crippen LogP contribution in [0.15, 0.2) is 29.6 Å². The van der Waals surface area contributed by atoms with Crippen LogP contribution in [0.3, 0.4) is 0 Å². The minimum Gasteiger partial charge on any atom is -0.320 e. The van der Waals surface area contributed by atoms with Gasteiger partial charge in [0.2, 0.25) is 0 Å². The number of thiophene rings is 1. The number of fused-ring (bicyclic) bond motifs is 1. The van der Waals surface area contributed by atoms with Gasteiger partial charge in [0.05, 0.1) is 0 Å². The number of benzene rings is 1. The van der Waals surface area contributed by atoms with Gasteiger partial charge >= 0.3 is 0 Å². The van der Waals surface area contributed by atoms with Crippen LogP contribution in [0.2, 0.25) is 0 Å². The molecule has 0 fully saturated rings. The quantitative estimate of drug-likeness (QED) is 0.795. The maximum atomic E-state index is 11.8. The molecule has 0 aliphatic heterocycles. The first-order valence-corrected chi connectivity index (χ1v) is 6.80. The minimum atomic E-state index is 0.337. The van der Waals surface area contributed by atoms with Crippen molar-refractivity contribution < 1.29 is 4.79 Å². The lowest BCUT2D eigenvalue weighted by Crippen LogP contribution is -2.10. The van der Waals surface area contributed by atoms with E-state index in [0.717, 1.165) is 13.0 Å². The fourth-order valence-corrected chi connectivity index (χ4v) is 2.90. The molecule has 2 nitrogen and oxygen atoms in total. The summed E-state index contributed by atoms with van der Waals surface area (Å²) in [6, 6.07) is 8.28. The number of Topliss-reactive ketones (excluding diaryl/α,β-unsaturated/α-hetero) is 1. The van der Waals surface area contributed by atoms with E-state index in [1.807, 2.05) is 19.2 Å². The van der Waals surface area contributed by atoms with Crippen LogP contribution in [-0.2, 0) is 11.2 Å². The van der Waals surface area contributed by atoms with Gasteiger partial charge in [-0.05, 0) is 42.4 Å². The average molecular weight is 247 g/mol. The number of carbonyl (C=O) groups is 1. The van der Waals surface area contributed by atoms with Crippen molar-refractivity contribution in [3.05, 3.63) is 35.2 Å². The van der Waals surface area contributed by atoms with Gasteiger partial charge in [-0.3, -0.25) is 4.79 Å². The van der Waals surface area contributed by atoms with E-state index in [4.69, 9.17) is 0 Å². The van der Waals surface area contributed by atoms with Gasteiger partial charge in [-0.15, -0.1) is 11.3 Å². The fourth-order valence-electron chi connectivity index (χ4n) is 1.93. The number of hydrogen-bond donors (Lipinski definition) is 1. The molecule has 1 aromatic carbocycles. The highest BCUT2D eigenvalue weighted by molar-refractivity contribution is 7.17. The van der Waals surface area contributed by atoms with E-state index in [1.54, 1.807) is 11.3 Å². The normalized spacial score (nSPS) is 10.9. The summed E-state index contributed by atoms with van der Waals surface area (Å²) >= 11 is 1.72. The van der Waals surface area contributed by atoms with Crippen molar-refractivity contribution >= 4 is 27.2 Å². The van der Waals surface area contributed by atoms with Crippen molar-refractivity contribution in [1.82, 2.24) is 5.32 Å². The van der Waals surface area contributed by atoms with Gasteiger partial charge in [0.25, 0.3) is 0 Å². The van der Waals surface area contributed by atoms with Gasteiger partial charge in [-0.25, -0.2) is 0 Å². The average Bonchev–Trinajstić information content (AvgIpc) is 2.73. The molecule has 0 atom stereocenters. The Morgan fingerprint density at radius 1 is 1.35 bits per heavy atom. The summed E-state index contributed by atoms with van der Waals surface area (Å²) in [7, 11) is 1.91. The molecule has 0 spiro atoms. The summed E-state index contributed by atoms with van der Waals surface area (Å²) < 4.78 is 1.27. The van der Waals surface area contributed by atoms with Crippen LogP contribution in [-0.4, -0.2) is 19.4 Å². The van der Waals surface area contributed by atoms with E-state index in [0.29, 0.717) is 18.6 Å². The van der Waals surface area contributed by atoms with E-state index in [1.165, 1.54) is 15.6 Å². The third-order valence-corrected chi connectivity index (χ3v) is 3.84. The minimum absolute atomic E-state index is 0.337. The zero-order valence-corrected chi connectivity index (χ0v) is 10.8. The number of nitrogens with one attached hydrogen (secondary N) is 1. The van der Waals surface area contributed by atoms with Gasteiger partial charge < -0.3 is 5.32 Å². The first-order valence-electron chi connectivity index (χ1n) is 5.92. The van der Waals surface area contributed by atoms with Crippen LogP contribution in [0.4, 0.5) is 0 Å². The Kier molecular flexibility index (Phi) is 4.29. The molecule has 17 heavy (non-hydrogen) atoms. The molecule has 0 aliphatic rings. The van der Waals surface area contributed by atoms with Crippen LogP contribution < -0.4 is 5.32 Å². The zero-order chi connectivity index (χ0) is 12.1. The Morgan fingerprint density at radius 2 is 2.18 bits per heavy atom. The summed E-state index contributed by atoms with van der Waals surface area (Å²) in [6.45, 7) is 0.913. The number of hydrogen-bond acceptors (Lipinski definition) is 3. The lowest BCUT2D eigenvalue weighted by Gasteiger charge is -2.00. The molecule has 0 saturated carbocycles. The van der Waals surface area contributed by atoms with Crippen molar-refractivity contribution in [2.75, 3.05) is 13.6 Å². The van der Waals surface area contributed by atoms with Crippen molar-refractivity contribution in [1.29, 1.82) is 0 Å². The SMILES string of the molecule is CNCCCC(=O)Cc1csc2ccccc12. The van der Waals surface area contributed by atoms with Crippen LogP contribution in [0.1, 0.15) is 18.4 Å². The summed E-state index contributed by atoms with van der Waals surface area (Å²) in [4.78, 5) is 11.8. The highest BCUT2D eigenvalue weighted by Gasteiger charge is 2.08. The van der Waals surface area contributed by atoms with Gasteiger partial charge in [-0.1, -0.05) is 18.2 Å². The van der Waals surface area contributed by atoms with Crippen LogP contribution in [0.25, 0.3) is 10.1 Å². The van der Waals surface area contributed by atoms with Gasteiger partial charge in [-0.2, -0.15) is 0 Å². The molecule has 3 heteroatoms. The molecule has 0 amide bonds. The summed E-state index contributed by atoms with van der Waals surface area (Å²) in [5.74, 6) is 0.337. The monoisotopic (exact) mass is 247 g/mol. The van der Waals surface area contributed by atoms with E-state index >= 15 is 0 Å². The lowest BCUT2D eigenvalue weighted by atomic mass is 10.1. The van der Waals surface area contributed by atoms with E-state index in [-0.39, 0.29) is 0 Å². The van der Waals surface area contributed by atoms with Gasteiger partial charge in [0, 0.05) is 17.5 Å². The molecule has 0 radical (unpaired) electrons. The largest absolute Gasteiger partial charge is 0.320 e. The van der Waals surface area contributed by atoms with E-state index < -0.39 is 0 Å². The smallest absolute Gasteiger partial charge is 0.137 e. The maximum absolute atomic E-state index is 11.8. The molecule has 1 N–H and O–H groups in total. The summed E-state index contributed by atoms with van der Waals surface area (Å²) in [5, 5.41) is 6.41. The molecular formula is C14H17NOS. The summed E-state index contributed by atoms with van der Waals surface area (Å²) in [5.41, 5.74) is 1.18. The van der Waals surface area contributed by atoms with Crippen LogP contribution in [0, 0.1) is 0 Å². The van der Waals surface area contributed by atoms with Crippen molar-refractivity contribution in [2.24, 2.45) is 0 Å². The Morgan fingerprint density at radius 3 is 3.00 bits per heavy atom. The Balaban J connectivity index is 2.01. The maximum Gasteiger partial charge on any atom is 0.137 e. The molecule has 0 aliphatic carbocycles. The first kappa shape index (κ1) is 12.3. The third-order valence-electron chi connectivity index (χ3n) is 2.83. The third kappa shape index (κ3) is 3.14. The van der Waals surface area contributed by atoms with Crippen molar-refractivity contribution in [3.63, 3.8) is 0 Å². The number of ketones is 1. The van der Waals surface area contributed by atoms with Crippen LogP contribution in [0.5, 0.6) is 0 Å². The Labute approximate surface area is 106 Å². The molecular weight excluding hydrogens is 230 g/mol. The van der Waals surface area contributed by atoms with Gasteiger partial charge in [0.15, 0.2) is 0 Å². The fraction of sp³-hybridized carbons (Fsp3) is 0.357. The van der Waals surface area contributed by atoms with Crippen molar-refractivity contribution in [3.8, 4) is 0 Å². The first-order chi connectivity index (χ1) is 8.31. The molecule has 1 aromatic heterocycles. The molecule has 0 bridgehead atoms. The topological polar surface area (TPSA) is 29.1 Å². The standard InChI is InChI=1S/C14H17NOS/c1-15-8-4-5-12(16)9-11-10-17-14-7-3-2-6-13(11)14/h2-3,6-7,10,15H,4-5,8-9H2,1H3. The Bertz CT molecular complexity index is 504. The van der Waals surface area contributed by atoms with E-state index in [2.05, 4.69) is 22.8 Å². The molecule has 0 unspecified atom stereocenters. The van der Waals surface area contributed by atoms with Crippen LogP contribution >= 0.6 is 11.3 Å². The predicted octanol–water partition coefficient (Wildman–Crippen LogP) is 3.01. The second-order valence-corrected chi connectivity index (χ2v) is 5.09. The second kappa shape index (κ2) is 5.94. The molecule has 1 heterocycles. The highest BCUT2D eigenvalue weighted by atomic mass is 32.1. The molecule has 0 saturated heterocycles. The molecule has 2 aromatic rings. The molecule has 90 valence electrons. The van der Waals surface area contributed by atoms with E-state index in [9.17, 15) is 4.79 Å². The Hall–Kier alpha value is -1.19. The number of carbonyl (C=O) groups excluding carboxylic acids is 1.